The molecule has 0 radical (unpaired) electrons. The maximum absolute atomic E-state index is 13.4. The van der Waals surface area contributed by atoms with Crippen molar-refractivity contribution in [3.8, 4) is 0 Å². The van der Waals surface area contributed by atoms with Crippen LogP contribution in [-0.4, -0.2) is 35.4 Å². The fraction of sp³-hybridized carbons (Fsp3) is 0.464. The minimum atomic E-state index is -0.438. The molecule has 9 heteroatoms. The molecule has 0 aliphatic heterocycles. The van der Waals surface area contributed by atoms with E-state index in [1.807, 2.05) is 35.2 Å². The predicted octanol–water partition coefficient (Wildman–Crippen LogP) is 5.04. The van der Waals surface area contributed by atoms with E-state index in [2.05, 4.69) is 53.9 Å². The molecule has 2 aromatic carbocycles. The number of nitrogens with two attached hydrogens (primary N) is 1. The number of guanidine groups is 1. The second kappa shape index (κ2) is 13.0. The quantitative estimate of drug-likeness (QED) is 0.173. The largest absolute Gasteiger partial charge is 0.368 e. The van der Waals surface area contributed by atoms with Crippen molar-refractivity contribution >= 4 is 17.9 Å². The maximum Gasteiger partial charge on any atom is 0.317 e. The lowest BCUT2D eigenvalue weighted by atomic mass is 9.71. The molecule has 3 amide bonds. The lowest BCUT2D eigenvalue weighted by Gasteiger charge is -2.41. The summed E-state index contributed by atoms with van der Waals surface area (Å²) in [5, 5.41) is 11.6. The van der Waals surface area contributed by atoms with Crippen molar-refractivity contribution in [1.29, 1.82) is 5.53 Å². The third kappa shape index (κ3) is 8.41. The third-order valence-corrected chi connectivity index (χ3v) is 7.12. The van der Waals surface area contributed by atoms with Gasteiger partial charge in [-0.15, -0.1) is 0 Å². The molecule has 1 aliphatic carbocycles. The van der Waals surface area contributed by atoms with Gasteiger partial charge in [0.25, 0.3) is 5.91 Å². The first kappa shape index (κ1) is 27.8. The lowest BCUT2D eigenvalue weighted by Crippen LogP contribution is -2.48. The Kier molecular flexibility index (Phi) is 9.77. The summed E-state index contributed by atoms with van der Waals surface area (Å²) >= 11 is 0. The minimum absolute atomic E-state index is 0.0555. The molecule has 3 rings (SSSR count). The van der Waals surface area contributed by atoms with Crippen LogP contribution in [0.1, 0.15) is 67.9 Å². The number of nitrogens with one attached hydrogen (secondary N) is 3. The lowest BCUT2D eigenvalue weighted by molar-refractivity contribution is 0.0975. The summed E-state index contributed by atoms with van der Waals surface area (Å²) < 4.78 is 0. The average Bonchev–Trinajstić information content (AvgIpc) is 2.88. The molecule has 0 spiro atoms. The first-order chi connectivity index (χ1) is 17.7. The zero-order valence-corrected chi connectivity index (χ0v) is 22.0. The topological polar surface area (TPSA) is 136 Å². The predicted molar refractivity (Wildman–Crippen MR) is 145 cm³/mol. The highest BCUT2D eigenvalue weighted by Gasteiger charge is 2.33. The van der Waals surface area contributed by atoms with Gasteiger partial charge in [0.15, 0.2) is 0 Å². The summed E-state index contributed by atoms with van der Waals surface area (Å²) in [4.78, 5) is 27.6. The van der Waals surface area contributed by atoms with Crippen LogP contribution in [0.15, 0.2) is 64.9 Å². The van der Waals surface area contributed by atoms with E-state index in [0.717, 1.165) is 37.7 Å². The smallest absolute Gasteiger partial charge is 0.317 e. The van der Waals surface area contributed by atoms with Crippen LogP contribution in [0, 0.1) is 16.9 Å². The number of rotatable bonds is 8. The number of hydrogen-bond donors (Lipinski definition) is 4. The van der Waals surface area contributed by atoms with Crippen LogP contribution >= 0.6 is 0 Å². The Bertz CT molecular complexity index is 1070. The van der Waals surface area contributed by atoms with E-state index in [1.165, 1.54) is 5.56 Å². The van der Waals surface area contributed by atoms with Gasteiger partial charge in [-0.05, 0) is 71.9 Å². The minimum Gasteiger partial charge on any atom is -0.368 e. The van der Waals surface area contributed by atoms with Gasteiger partial charge < -0.3 is 16.0 Å². The van der Waals surface area contributed by atoms with Crippen molar-refractivity contribution in [3.05, 3.63) is 71.3 Å². The molecule has 9 nitrogen and oxygen atoms in total. The van der Waals surface area contributed by atoms with Gasteiger partial charge in [-0.2, -0.15) is 5.53 Å². The summed E-state index contributed by atoms with van der Waals surface area (Å²) in [5.41, 5.74) is 15.0. The average molecular weight is 506 g/mol. The second-order valence-electron chi connectivity index (χ2n) is 10.7. The third-order valence-electron chi connectivity index (χ3n) is 7.12. The standard InChI is InChI=1S/C28H39N7O2/c1-28(2,3)23-13-15-24(16-14-23)35(27(37)31-18-17-20-7-5-4-6-8-20)19-21-9-11-22(12-10-21)25(36)32-26(29)33-34-30/h4-12,23-24H,13-19H2,1-3H3,(H,31,37)(H4,29,30,32,33,36). The Morgan fingerprint density at radius 1 is 1.00 bits per heavy atom. The molecule has 2 aromatic rings. The molecule has 198 valence electrons. The Morgan fingerprint density at radius 2 is 1.65 bits per heavy atom. The van der Waals surface area contributed by atoms with E-state index in [1.54, 1.807) is 12.1 Å². The normalized spacial score (nSPS) is 18.1. The molecule has 0 aromatic heterocycles. The zero-order valence-electron chi connectivity index (χ0n) is 22.0. The van der Waals surface area contributed by atoms with E-state index in [0.29, 0.717) is 24.6 Å². The molecule has 37 heavy (non-hydrogen) atoms. The van der Waals surface area contributed by atoms with E-state index in [-0.39, 0.29) is 23.4 Å². The van der Waals surface area contributed by atoms with Crippen LogP contribution in [0.25, 0.3) is 0 Å². The van der Waals surface area contributed by atoms with Crippen LogP contribution in [0.4, 0.5) is 4.79 Å². The molecule has 1 fully saturated rings. The SMILES string of the molecule is CC(C)(C)C1CCC(N(Cc2ccc(C(=O)NC(N)=NN=N)cc2)C(=O)NCCc2ccccc2)CC1. The Morgan fingerprint density at radius 3 is 2.24 bits per heavy atom. The van der Waals surface area contributed by atoms with Gasteiger partial charge in [-0.3, -0.25) is 10.1 Å². The van der Waals surface area contributed by atoms with E-state index >= 15 is 0 Å². The molecule has 0 saturated heterocycles. The van der Waals surface area contributed by atoms with Crippen LogP contribution in [0.5, 0.6) is 0 Å². The van der Waals surface area contributed by atoms with Gasteiger partial charge in [0.1, 0.15) is 0 Å². The van der Waals surface area contributed by atoms with Crippen LogP contribution in [0.2, 0.25) is 0 Å². The fourth-order valence-corrected chi connectivity index (χ4v) is 4.91. The highest BCUT2D eigenvalue weighted by atomic mass is 16.2. The number of benzene rings is 2. The van der Waals surface area contributed by atoms with Crippen LogP contribution in [-0.2, 0) is 13.0 Å². The number of amides is 3. The van der Waals surface area contributed by atoms with Crippen molar-refractivity contribution in [3.63, 3.8) is 0 Å². The van der Waals surface area contributed by atoms with Crippen molar-refractivity contribution < 1.29 is 9.59 Å². The molecular formula is C28H39N7O2. The van der Waals surface area contributed by atoms with Gasteiger partial charge in [-0.1, -0.05) is 68.3 Å². The summed E-state index contributed by atoms with van der Waals surface area (Å²) in [5.74, 6) is -0.0240. The Hall–Kier alpha value is -3.75. The highest BCUT2D eigenvalue weighted by Crippen LogP contribution is 2.39. The number of carbonyl (C=O) groups excluding carboxylic acids is 2. The molecule has 1 saturated carbocycles. The molecule has 0 heterocycles. The summed E-state index contributed by atoms with van der Waals surface area (Å²) in [6.45, 7) is 7.93. The summed E-state index contributed by atoms with van der Waals surface area (Å²) in [7, 11) is 0. The van der Waals surface area contributed by atoms with E-state index in [9.17, 15) is 9.59 Å². The number of hydrogen-bond acceptors (Lipinski definition) is 4. The van der Waals surface area contributed by atoms with Crippen molar-refractivity contribution in [2.24, 2.45) is 27.4 Å². The van der Waals surface area contributed by atoms with E-state index in [4.69, 9.17) is 11.3 Å². The zero-order chi connectivity index (χ0) is 26.8. The molecule has 5 N–H and O–H groups in total. The number of urea groups is 1. The van der Waals surface area contributed by atoms with Gasteiger partial charge >= 0.3 is 6.03 Å². The number of nitrogens with zero attached hydrogens (tertiary/aromatic N) is 3. The van der Waals surface area contributed by atoms with Crippen molar-refractivity contribution in [2.75, 3.05) is 6.54 Å². The summed E-state index contributed by atoms with van der Waals surface area (Å²) in [6.07, 6.45) is 4.95. The Labute approximate surface area is 219 Å². The highest BCUT2D eigenvalue weighted by molar-refractivity contribution is 6.05. The molecule has 0 atom stereocenters. The number of carbonyl (C=O) groups is 2. The van der Waals surface area contributed by atoms with Crippen molar-refractivity contribution in [1.82, 2.24) is 15.5 Å². The maximum atomic E-state index is 13.4. The van der Waals surface area contributed by atoms with Gasteiger partial charge in [0, 0.05) is 24.7 Å². The molecular weight excluding hydrogens is 466 g/mol. The summed E-state index contributed by atoms with van der Waals surface area (Å²) in [6, 6.07) is 17.3. The van der Waals surface area contributed by atoms with Gasteiger partial charge in [-0.25, -0.2) is 4.79 Å². The first-order valence-electron chi connectivity index (χ1n) is 12.9. The van der Waals surface area contributed by atoms with Crippen LogP contribution < -0.4 is 16.4 Å². The van der Waals surface area contributed by atoms with Crippen LogP contribution in [0.3, 0.4) is 0 Å². The van der Waals surface area contributed by atoms with Crippen molar-refractivity contribution in [2.45, 2.75) is 65.5 Å². The Balaban J connectivity index is 1.68. The fourth-order valence-electron chi connectivity index (χ4n) is 4.91. The molecule has 0 bridgehead atoms. The van der Waals surface area contributed by atoms with Gasteiger partial charge in [0.05, 0.1) is 0 Å². The first-order valence-corrected chi connectivity index (χ1v) is 12.9. The van der Waals surface area contributed by atoms with E-state index < -0.39 is 5.91 Å². The second-order valence-corrected chi connectivity index (χ2v) is 10.7. The molecule has 1 aliphatic rings. The molecule has 0 unspecified atom stereocenters. The van der Waals surface area contributed by atoms with Gasteiger partial charge in [0.2, 0.25) is 5.96 Å². The monoisotopic (exact) mass is 505 g/mol.